The minimum atomic E-state index is -0.309. The van der Waals surface area contributed by atoms with Crippen LogP contribution in [0.15, 0.2) is 22.7 Å². The monoisotopic (exact) mass is 347 g/mol. The molecule has 4 nitrogen and oxygen atoms in total. The molecule has 0 aliphatic heterocycles. The van der Waals surface area contributed by atoms with Crippen LogP contribution in [0, 0.1) is 0 Å². The summed E-state index contributed by atoms with van der Waals surface area (Å²) in [6, 6.07) is 4.99. The van der Waals surface area contributed by atoms with Gasteiger partial charge in [0.25, 0.3) is 5.91 Å². The van der Waals surface area contributed by atoms with Gasteiger partial charge in [0.2, 0.25) is 0 Å². The topological polar surface area (TPSA) is 46.6 Å². The average molecular weight is 349 g/mol. The van der Waals surface area contributed by atoms with Crippen LogP contribution >= 0.6 is 27.5 Å². The van der Waals surface area contributed by atoms with Crippen molar-refractivity contribution in [2.45, 2.75) is 13.3 Å². The van der Waals surface area contributed by atoms with Gasteiger partial charge in [-0.2, -0.15) is 0 Å². The lowest BCUT2D eigenvalue weighted by atomic mass is 10.2. The van der Waals surface area contributed by atoms with Crippen LogP contribution in [0.5, 0.6) is 0 Å². The second-order valence-electron chi connectivity index (χ2n) is 3.91. The van der Waals surface area contributed by atoms with Crippen LogP contribution in [0.3, 0.4) is 0 Å². The highest BCUT2D eigenvalue weighted by Gasteiger charge is 2.14. The second-order valence-corrected chi connectivity index (χ2v) is 5.17. The van der Waals surface area contributed by atoms with Gasteiger partial charge in [-0.05, 0) is 41.1 Å². The van der Waals surface area contributed by atoms with Crippen LogP contribution in [0.4, 0.5) is 0 Å². The third-order valence-electron chi connectivity index (χ3n) is 2.47. The molecule has 1 aromatic rings. The van der Waals surface area contributed by atoms with Crippen LogP contribution in [-0.4, -0.2) is 37.0 Å². The van der Waals surface area contributed by atoms with Crippen molar-refractivity contribution in [3.63, 3.8) is 0 Å². The Morgan fingerprint density at radius 1 is 1.42 bits per heavy atom. The molecule has 0 N–H and O–H groups in total. The fraction of sp³-hybridized carbons (Fsp3) is 0.385. The van der Waals surface area contributed by atoms with E-state index in [-0.39, 0.29) is 18.3 Å². The van der Waals surface area contributed by atoms with Crippen molar-refractivity contribution in [2.24, 2.45) is 0 Å². The molecule has 0 aromatic heterocycles. The Balaban J connectivity index is 2.61. The molecule has 0 saturated heterocycles. The van der Waals surface area contributed by atoms with Gasteiger partial charge in [0.15, 0.2) is 0 Å². The smallest absolute Gasteiger partial charge is 0.307 e. The predicted molar refractivity (Wildman–Crippen MR) is 77.4 cm³/mol. The summed E-state index contributed by atoms with van der Waals surface area (Å²) in [5.41, 5.74) is 0.486. The summed E-state index contributed by atoms with van der Waals surface area (Å²) >= 11 is 9.20. The Morgan fingerprint density at radius 2 is 2.11 bits per heavy atom. The summed E-state index contributed by atoms with van der Waals surface area (Å²) in [4.78, 5) is 24.8. The van der Waals surface area contributed by atoms with Crippen molar-refractivity contribution < 1.29 is 14.3 Å². The van der Waals surface area contributed by atoms with E-state index in [9.17, 15) is 9.59 Å². The van der Waals surface area contributed by atoms with E-state index in [4.69, 9.17) is 16.3 Å². The van der Waals surface area contributed by atoms with Gasteiger partial charge >= 0.3 is 5.97 Å². The average Bonchev–Trinajstić information content (AvgIpc) is 2.38. The summed E-state index contributed by atoms with van der Waals surface area (Å²) in [6.07, 6.45) is 0.181. The van der Waals surface area contributed by atoms with Crippen LogP contribution in [0.25, 0.3) is 0 Å². The van der Waals surface area contributed by atoms with Gasteiger partial charge in [0.1, 0.15) is 0 Å². The Labute approximate surface area is 125 Å². The first kappa shape index (κ1) is 16.0. The Bertz CT molecular complexity index is 479. The van der Waals surface area contributed by atoms with Crippen molar-refractivity contribution >= 4 is 39.4 Å². The lowest BCUT2D eigenvalue weighted by Crippen LogP contribution is -2.29. The lowest BCUT2D eigenvalue weighted by Gasteiger charge is -2.17. The lowest BCUT2D eigenvalue weighted by molar-refractivity contribution is -0.143. The van der Waals surface area contributed by atoms with E-state index >= 15 is 0 Å². The molecule has 0 aliphatic carbocycles. The molecule has 1 amide bonds. The van der Waals surface area contributed by atoms with Gasteiger partial charge in [-0.3, -0.25) is 9.59 Å². The van der Waals surface area contributed by atoms with Crippen LogP contribution in [0.1, 0.15) is 23.7 Å². The maximum absolute atomic E-state index is 12.1. The molecule has 104 valence electrons. The molecule has 0 bridgehead atoms. The molecule has 0 unspecified atom stereocenters. The van der Waals surface area contributed by atoms with Crippen molar-refractivity contribution in [2.75, 3.05) is 20.2 Å². The van der Waals surface area contributed by atoms with Crippen LogP contribution in [0.2, 0.25) is 5.02 Å². The number of ether oxygens (including phenoxy) is 1. The number of benzene rings is 1. The molecule has 19 heavy (non-hydrogen) atoms. The summed E-state index contributed by atoms with van der Waals surface area (Å²) in [6.45, 7) is 2.40. The number of esters is 1. The molecule has 0 spiro atoms. The summed E-state index contributed by atoms with van der Waals surface area (Å²) < 4.78 is 5.54. The zero-order chi connectivity index (χ0) is 14.4. The molecule has 0 radical (unpaired) electrons. The van der Waals surface area contributed by atoms with Gasteiger partial charge in [-0.25, -0.2) is 0 Å². The molecule has 0 fully saturated rings. The fourth-order valence-corrected chi connectivity index (χ4v) is 1.87. The van der Waals surface area contributed by atoms with E-state index in [2.05, 4.69) is 15.9 Å². The van der Waals surface area contributed by atoms with E-state index in [1.54, 1.807) is 32.2 Å². The Morgan fingerprint density at radius 3 is 2.68 bits per heavy atom. The number of halogens is 2. The van der Waals surface area contributed by atoms with Crippen molar-refractivity contribution in [1.29, 1.82) is 0 Å². The number of hydrogen-bond donors (Lipinski definition) is 0. The van der Waals surface area contributed by atoms with Gasteiger partial charge < -0.3 is 9.64 Å². The van der Waals surface area contributed by atoms with E-state index in [1.165, 1.54) is 4.90 Å². The van der Waals surface area contributed by atoms with Crippen LogP contribution < -0.4 is 0 Å². The van der Waals surface area contributed by atoms with Crippen molar-refractivity contribution in [1.82, 2.24) is 4.90 Å². The zero-order valence-electron chi connectivity index (χ0n) is 10.8. The normalized spacial score (nSPS) is 10.1. The highest BCUT2D eigenvalue weighted by molar-refractivity contribution is 9.10. The number of amides is 1. The van der Waals surface area contributed by atoms with Gasteiger partial charge in [-0.15, -0.1) is 0 Å². The molecule has 0 heterocycles. The van der Waals surface area contributed by atoms with Gasteiger partial charge in [0, 0.05) is 23.6 Å². The Kier molecular flexibility index (Phi) is 6.31. The number of rotatable bonds is 5. The third kappa shape index (κ3) is 4.84. The second kappa shape index (κ2) is 7.50. The first-order valence-electron chi connectivity index (χ1n) is 5.81. The highest BCUT2D eigenvalue weighted by Crippen LogP contribution is 2.23. The number of carbonyl (C=O) groups is 2. The summed E-state index contributed by atoms with van der Waals surface area (Å²) in [5.74, 6) is -0.491. The largest absolute Gasteiger partial charge is 0.466 e. The minimum Gasteiger partial charge on any atom is -0.466 e. The Hall–Kier alpha value is -1.07. The molecule has 1 rings (SSSR count). The van der Waals surface area contributed by atoms with Gasteiger partial charge in [-0.1, -0.05) is 11.6 Å². The van der Waals surface area contributed by atoms with Crippen molar-refractivity contribution in [3.8, 4) is 0 Å². The van der Waals surface area contributed by atoms with Crippen molar-refractivity contribution in [3.05, 3.63) is 33.3 Å². The molecular weight excluding hydrogens is 334 g/mol. The van der Waals surface area contributed by atoms with E-state index < -0.39 is 0 Å². The minimum absolute atomic E-state index is 0.181. The summed E-state index contributed by atoms with van der Waals surface area (Å²) in [5, 5.41) is 0.477. The summed E-state index contributed by atoms with van der Waals surface area (Å²) in [7, 11) is 1.64. The molecule has 0 saturated carbocycles. The highest BCUT2D eigenvalue weighted by atomic mass is 79.9. The van der Waals surface area contributed by atoms with Gasteiger partial charge in [0.05, 0.1) is 18.1 Å². The number of nitrogens with zero attached hydrogens (tertiary/aromatic N) is 1. The SMILES string of the molecule is CCOC(=O)CCN(C)C(=O)c1ccc(Br)c(Cl)c1. The molecule has 0 aliphatic rings. The standard InChI is InChI=1S/C13H15BrClNO3/c1-3-19-12(17)6-7-16(2)13(18)9-4-5-10(14)11(15)8-9/h4-5,8H,3,6-7H2,1-2H3. The fourth-order valence-electron chi connectivity index (χ4n) is 1.44. The van der Waals surface area contributed by atoms with E-state index in [0.717, 1.165) is 4.47 Å². The molecular formula is C13H15BrClNO3. The molecule has 1 aromatic carbocycles. The first-order valence-corrected chi connectivity index (χ1v) is 6.99. The maximum atomic E-state index is 12.1. The number of carbonyl (C=O) groups excluding carboxylic acids is 2. The van der Waals surface area contributed by atoms with E-state index in [1.807, 2.05) is 0 Å². The molecule has 0 atom stereocenters. The van der Waals surface area contributed by atoms with Crippen LogP contribution in [-0.2, 0) is 9.53 Å². The first-order chi connectivity index (χ1) is 8.95. The number of hydrogen-bond acceptors (Lipinski definition) is 3. The quantitative estimate of drug-likeness (QED) is 0.768. The maximum Gasteiger partial charge on any atom is 0.307 e. The molecule has 6 heteroatoms. The van der Waals surface area contributed by atoms with E-state index in [0.29, 0.717) is 23.7 Å². The third-order valence-corrected chi connectivity index (χ3v) is 3.70. The zero-order valence-corrected chi connectivity index (χ0v) is 13.1. The predicted octanol–water partition coefficient (Wildman–Crippen LogP) is 3.13.